The summed E-state index contributed by atoms with van der Waals surface area (Å²) < 4.78 is 0. The highest BCUT2D eigenvalue weighted by atomic mass is 16.2. The molecule has 2 unspecified atom stereocenters. The Hall–Kier alpha value is -0.570. The molecule has 3 heteroatoms. The maximum atomic E-state index is 12.6. The van der Waals surface area contributed by atoms with Crippen LogP contribution < -0.4 is 5.73 Å². The first kappa shape index (κ1) is 12.9. The topological polar surface area (TPSA) is 46.3 Å². The number of carbonyl (C=O) groups excluding carboxylic acids is 1. The number of rotatable bonds is 2. The first-order valence-electron chi connectivity index (χ1n) is 7.12. The van der Waals surface area contributed by atoms with Crippen molar-refractivity contribution in [3.63, 3.8) is 0 Å². The monoisotopic (exact) mass is 238 g/mol. The van der Waals surface area contributed by atoms with Gasteiger partial charge in [0, 0.05) is 24.5 Å². The van der Waals surface area contributed by atoms with Crippen molar-refractivity contribution in [1.82, 2.24) is 4.90 Å². The number of nitrogens with zero attached hydrogens (tertiary/aromatic N) is 1. The standard InChI is InChI=1S/C14H26N2O/c1-3-11-10-16(9-6-12(11)15)13(17)14(2)7-4-5-8-14/h11-12H,3-10,15H2,1-2H3. The zero-order valence-corrected chi connectivity index (χ0v) is 11.2. The van der Waals surface area contributed by atoms with Crippen molar-refractivity contribution >= 4 is 5.91 Å². The zero-order chi connectivity index (χ0) is 12.5. The van der Waals surface area contributed by atoms with Crippen LogP contribution in [0.15, 0.2) is 0 Å². The highest BCUT2D eigenvalue weighted by Gasteiger charge is 2.40. The van der Waals surface area contributed by atoms with E-state index in [2.05, 4.69) is 18.7 Å². The summed E-state index contributed by atoms with van der Waals surface area (Å²) in [6, 6.07) is 0.292. The van der Waals surface area contributed by atoms with Crippen LogP contribution in [0.4, 0.5) is 0 Å². The SMILES string of the molecule is CCC1CN(C(=O)C2(C)CCCC2)CCC1N. The Morgan fingerprint density at radius 2 is 2.06 bits per heavy atom. The van der Waals surface area contributed by atoms with Gasteiger partial charge in [0.25, 0.3) is 0 Å². The van der Waals surface area contributed by atoms with Crippen molar-refractivity contribution < 1.29 is 4.79 Å². The molecular formula is C14H26N2O. The Balaban J connectivity index is 2.00. The molecule has 1 aliphatic heterocycles. The lowest BCUT2D eigenvalue weighted by atomic mass is 9.84. The Morgan fingerprint density at radius 3 is 2.65 bits per heavy atom. The third kappa shape index (κ3) is 2.49. The first-order chi connectivity index (χ1) is 8.07. The van der Waals surface area contributed by atoms with Crippen LogP contribution in [-0.4, -0.2) is 29.9 Å². The second-order valence-electron chi connectivity index (χ2n) is 6.14. The number of likely N-dealkylation sites (tertiary alicyclic amines) is 1. The molecule has 0 radical (unpaired) electrons. The second kappa shape index (κ2) is 4.97. The van der Waals surface area contributed by atoms with Crippen molar-refractivity contribution in [3.8, 4) is 0 Å². The first-order valence-corrected chi connectivity index (χ1v) is 7.12. The van der Waals surface area contributed by atoms with Gasteiger partial charge in [-0.05, 0) is 25.2 Å². The van der Waals surface area contributed by atoms with Gasteiger partial charge in [0.1, 0.15) is 0 Å². The van der Waals surface area contributed by atoms with Crippen molar-refractivity contribution in [2.75, 3.05) is 13.1 Å². The van der Waals surface area contributed by atoms with Crippen LogP contribution in [0, 0.1) is 11.3 Å². The van der Waals surface area contributed by atoms with Gasteiger partial charge in [-0.3, -0.25) is 4.79 Å². The van der Waals surface area contributed by atoms with Gasteiger partial charge in [0.05, 0.1) is 0 Å². The van der Waals surface area contributed by atoms with Crippen LogP contribution >= 0.6 is 0 Å². The summed E-state index contributed by atoms with van der Waals surface area (Å²) in [5, 5.41) is 0. The fourth-order valence-corrected chi connectivity index (χ4v) is 3.42. The summed E-state index contributed by atoms with van der Waals surface area (Å²) in [7, 11) is 0. The minimum atomic E-state index is -0.0697. The minimum absolute atomic E-state index is 0.0697. The molecule has 0 aromatic carbocycles. The summed E-state index contributed by atoms with van der Waals surface area (Å²) in [6.45, 7) is 6.08. The Labute approximate surface area is 105 Å². The average molecular weight is 238 g/mol. The predicted molar refractivity (Wildman–Crippen MR) is 69.5 cm³/mol. The van der Waals surface area contributed by atoms with Gasteiger partial charge in [-0.2, -0.15) is 0 Å². The van der Waals surface area contributed by atoms with E-state index in [0.29, 0.717) is 17.9 Å². The van der Waals surface area contributed by atoms with E-state index < -0.39 is 0 Å². The molecule has 2 N–H and O–H groups in total. The highest BCUT2D eigenvalue weighted by Crippen LogP contribution is 2.39. The molecule has 0 aromatic rings. The molecular weight excluding hydrogens is 212 g/mol. The van der Waals surface area contributed by atoms with E-state index in [9.17, 15) is 4.79 Å². The third-order valence-corrected chi connectivity index (χ3v) is 4.83. The molecule has 0 aromatic heterocycles. The molecule has 0 spiro atoms. The Morgan fingerprint density at radius 1 is 1.41 bits per heavy atom. The lowest BCUT2D eigenvalue weighted by Crippen LogP contribution is -2.52. The Kier molecular flexibility index (Phi) is 3.76. The number of carbonyl (C=O) groups is 1. The van der Waals surface area contributed by atoms with Crippen LogP contribution in [0.25, 0.3) is 0 Å². The van der Waals surface area contributed by atoms with E-state index in [-0.39, 0.29) is 5.41 Å². The van der Waals surface area contributed by atoms with E-state index >= 15 is 0 Å². The summed E-state index contributed by atoms with van der Waals surface area (Å²) in [5.74, 6) is 0.887. The number of piperidine rings is 1. The molecule has 0 bridgehead atoms. The molecule has 1 aliphatic carbocycles. The number of nitrogens with two attached hydrogens (primary N) is 1. The van der Waals surface area contributed by atoms with Gasteiger partial charge < -0.3 is 10.6 Å². The largest absolute Gasteiger partial charge is 0.342 e. The van der Waals surface area contributed by atoms with E-state index in [4.69, 9.17) is 5.73 Å². The normalized spacial score (nSPS) is 32.8. The summed E-state index contributed by atoms with van der Waals surface area (Å²) in [5.41, 5.74) is 6.03. The van der Waals surface area contributed by atoms with Crippen LogP contribution in [0.3, 0.4) is 0 Å². The molecule has 1 heterocycles. The van der Waals surface area contributed by atoms with Crippen LogP contribution in [0.1, 0.15) is 52.4 Å². The lowest BCUT2D eigenvalue weighted by Gasteiger charge is -2.40. The molecule has 2 fully saturated rings. The molecule has 2 aliphatic rings. The summed E-state index contributed by atoms with van der Waals surface area (Å²) >= 11 is 0. The van der Waals surface area contributed by atoms with E-state index in [1.165, 1.54) is 12.8 Å². The van der Waals surface area contributed by atoms with E-state index in [1.54, 1.807) is 0 Å². The van der Waals surface area contributed by atoms with E-state index in [1.807, 2.05) is 0 Å². The lowest BCUT2D eigenvalue weighted by molar-refractivity contribution is -0.143. The molecule has 1 saturated heterocycles. The smallest absolute Gasteiger partial charge is 0.228 e. The van der Waals surface area contributed by atoms with Crippen LogP contribution in [0.2, 0.25) is 0 Å². The van der Waals surface area contributed by atoms with Gasteiger partial charge in [-0.25, -0.2) is 0 Å². The zero-order valence-electron chi connectivity index (χ0n) is 11.2. The molecule has 2 rings (SSSR count). The fraction of sp³-hybridized carbons (Fsp3) is 0.929. The highest BCUT2D eigenvalue weighted by molar-refractivity contribution is 5.82. The van der Waals surface area contributed by atoms with Crippen molar-refractivity contribution in [1.29, 1.82) is 0 Å². The van der Waals surface area contributed by atoms with Crippen molar-refractivity contribution in [3.05, 3.63) is 0 Å². The van der Waals surface area contributed by atoms with Crippen molar-refractivity contribution in [2.45, 2.75) is 58.4 Å². The number of hydrogen-bond acceptors (Lipinski definition) is 2. The molecule has 17 heavy (non-hydrogen) atoms. The van der Waals surface area contributed by atoms with Gasteiger partial charge in [0.2, 0.25) is 5.91 Å². The summed E-state index contributed by atoms with van der Waals surface area (Å²) in [4.78, 5) is 14.7. The van der Waals surface area contributed by atoms with Crippen molar-refractivity contribution in [2.24, 2.45) is 17.1 Å². The van der Waals surface area contributed by atoms with Gasteiger partial charge in [-0.1, -0.05) is 33.1 Å². The van der Waals surface area contributed by atoms with Gasteiger partial charge in [-0.15, -0.1) is 0 Å². The van der Waals surface area contributed by atoms with Gasteiger partial charge in [0.15, 0.2) is 0 Å². The predicted octanol–water partition coefficient (Wildman–Crippen LogP) is 2.15. The second-order valence-corrected chi connectivity index (χ2v) is 6.14. The quantitative estimate of drug-likeness (QED) is 0.801. The maximum Gasteiger partial charge on any atom is 0.228 e. The van der Waals surface area contributed by atoms with Crippen LogP contribution in [-0.2, 0) is 4.79 Å². The molecule has 1 saturated carbocycles. The van der Waals surface area contributed by atoms with Gasteiger partial charge >= 0.3 is 0 Å². The maximum absolute atomic E-state index is 12.6. The molecule has 98 valence electrons. The molecule has 2 atom stereocenters. The number of hydrogen-bond donors (Lipinski definition) is 1. The Bertz CT molecular complexity index is 284. The minimum Gasteiger partial charge on any atom is -0.342 e. The third-order valence-electron chi connectivity index (χ3n) is 4.83. The summed E-state index contributed by atoms with van der Waals surface area (Å²) in [6.07, 6.45) is 6.64. The average Bonchev–Trinajstić information content (AvgIpc) is 2.77. The molecule has 3 nitrogen and oxygen atoms in total. The van der Waals surface area contributed by atoms with Crippen LogP contribution in [0.5, 0.6) is 0 Å². The molecule has 1 amide bonds. The number of amides is 1. The van der Waals surface area contributed by atoms with E-state index in [0.717, 1.165) is 38.8 Å². The fourth-order valence-electron chi connectivity index (χ4n) is 3.42.